The van der Waals surface area contributed by atoms with Gasteiger partial charge >= 0.3 is 0 Å². The van der Waals surface area contributed by atoms with E-state index in [9.17, 15) is 5.11 Å². The first-order valence-electron chi connectivity index (χ1n) is 7.28. The lowest BCUT2D eigenvalue weighted by atomic mass is 10.1. The van der Waals surface area contributed by atoms with Crippen LogP contribution in [0.25, 0.3) is 0 Å². The number of hydrogen-bond acceptors (Lipinski definition) is 4. The summed E-state index contributed by atoms with van der Waals surface area (Å²) >= 11 is 0. The summed E-state index contributed by atoms with van der Waals surface area (Å²) in [5.41, 5.74) is 2.38. The van der Waals surface area contributed by atoms with Gasteiger partial charge < -0.3 is 9.84 Å². The molecule has 2 rings (SSSR count). The molecule has 0 saturated carbocycles. The maximum atomic E-state index is 9.75. The lowest BCUT2D eigenvalue weighted by Gasteiger charge is -2.21. The molecule has 0 amide bonds. The molecule has 1 N–H and O–H groups in total. The number of benzene rings is 1. The van der Waals surface area contributed by atoms with Crippen molar-refractivity contribution >= 4 is 0 Å². The lowest BCUT2D eigenvalue weighted by molar-refractivity contribution is 0.269. The number of ether oxygens (including phenoxy) is 1. The zero-order chi connectivity index (χ0) is 15.1. The third-order valence-electron chi connectivity index (χ3n) is 3.33. The van der Waals surface area contributed by atoms with Crippen LogP contribution >= 0.6 is 0 Å². The minimum atomic E-state index is 0.192. The summed E-state index contributed by atoms with van der Waals surface area (Å²) in [5, 5.41) is 9.75. The van der Waals surface area contributed by atoms with Crippen molar-refractivity contribution in [3.05, 3.63) is 53.9 Å². The molecule has 0 aliphatic rings. The monoisotopic (exact) mass is 286 g/mol. The highest BCUT2D eigenvalue weighted by Gasteiger charge is 2.08. The van der Waals surface area contributed by atoms with Gasteiger partial charge in [-0.25, -0.2) is 0 Å². The van der Waals surface area contributed by atoms with Crippen LogP contribution in [0.1, 0.15) is 25.0 Å². The molecule has 21 heavy (non-hydrogen) atoms. The van der Waals surface area contributed by atoms with E-state index >= 15 is 0 Å². The molecular weight excluding hydrogens is 264 g/mol. The first kappa shape index (κ1) is 15.3. The van der Waals surface area contributed by atoms with E-state index in [2.05, 4.69) is 16.8 Å². The molecule has 0 unspecified atom stereocenters. The minimum absolute atomic E-state index is 0.192. The zero-order valence-electron chi connectivity index (χ0n) is 12.6. The summed E-state index contributed by atoms with van der Waals surface area (Å²) in [7, 11) is 0. The number of rotatable bonds is 7. The SMILES string of the molecule is CCOc1cc(CN(CC)Cc2ccncc2)ccc1O. The zero-order valence-corrected chi connectivity index (χ0v) is 12.6. The summed E-state index contributed by atoms with van der Waals surface area (Å²) in [6.45, 7) is 7.25. The van der Waals surface area contributed by atoms with Crippen LogP contribution in [0.3, 0.4) is 0 Å². The number of aromatic nitrogens is 1. The molecule has 1 aromatic carbocycles. The van der Waals surface area contributed by atoms with Crippen molar-refractivity contribution in [3.63, 3.8) is 0 Å². The predicted octanol–water partition coefficient (Wildman–Crippen LogP) is 3.21. The Hall–Kier alpha value is -2.07. The summed E-state index contributed by atoms with van der Waals surface area (Å²) in [6, 6.07) is 9.61. The summed E-state index contributed by atoms with van der Waals surface area (Å²) in [4.78, 5) is 6.37. The second kappa shape index (κ2) is 7.64. The van der Waals surface area contributed by atoms with Crippen molar-refractivity contribution in [1.29, 1.82) is 0 Å². The Balaban J connectivity index is 2.06. The van der Waals surface area contributed by atoms with Gasteiger partial charge in [0, 0.05) is 25.5 Å². The van der Waals surface area contributed by atoms with Crippen molar-refractivity contribution in [2.45, 2.75) is 26.9 Å². The third-order valence-corrected chi connectivity index (χ3v) is 3.33. The largest absolute Gasteiger partial charge is 0.504 e. The average Bonchev–Trinajstić information content (AvgIpc) is 2.51. The molecule has 112 valence electrons. The van der Waals surface area contributed by atoms with Gasteiger partial charge in [0.2, 0.25) is 0 Å². The fourth-order valence-corrected chi connectivity index (χ4v) is 2.21. The van der Waals surface area contributed by atoms with Crippen LogP contribution in [0.15, 0.2) is 42.7 Å². The molecule has 0 spiro atoms. The van der Waals surface area contributed by atoms with Crippen LogP contribution in [0.2, 0.25) is 0 Å². The minimum Gasteiger partial charge on any atom is -0.504 e. The first-order valence-corrected chi connectivity index (χ1v) is 7.28. The molecule has 4 nitrogen and oxygen atoms in total. The summed E-state index contributed by atoms with van der Waals surface area (Å²) < 4.78 is 5.43. The Morgan fingerprint density at radius 2 is 1.76 bits per heavy atom. The Bertz CT molecular complexity index is 558. The van der Waals surface area contributed by atoms with Crippen molar-refractivity contribution in [1.82, 2.24) is 9.88 Å². The van der Waals surface area contributed by atoms with Crippen molar-refractivity contribution in [2.75, 3.05) is 13.2 Å². The number of phenols is 1. The van der Waals surface area contributed by atoms with Gasteiger partial charge in [0.15, 0.2) is 11.5 Å². The van der Waals surface area contributed by atoms with Crippen molar-refractivity contribution in [2.24, 2.45) is 0 Å². The molecule has 0 aliphatic heterocycles. The number of hydrogen-bond donors (Lipinski definition) is 1. The molecule has 0 atom stereocenters. The Labute approximate surface area is 126 Å². The van der Waals surface area contributed by atoms with E-state index in [1.165, 1.54) is 5.56 Å². The molecule has 2 aromatic rings. The van der Waals surface area contributed by atoms with E-state index in [1.54, 1.807) is 6.07 Å². The summed E-state index contributed by atoms with van der Waals surface area (Å²) in [6.07, 6.45) is 3.63. The normalized spacial score (nSPS) is 10.8. The van der Waals surface area contributed by atoms with E-state index in [-0.39, 0.29) is 5.75 Å². The van der Waals surface area contributed by atoms with E-state index in [0.29, 0.717) is 12.4 Å². The smallest absolute Gasteiger partial charge is 0.161 e. The van der Waals surface area contributed by atoms with Crippen LogP contribution in [0.5, 0.6) is 11.5 Å². The van der Waals surface area contributed by atoms with Crippen LogP contribution in [0.4, 0.5) is 0 Å². The van der Waals surface area contributed by atoms with Gasteiger partial charge in [0.05, 0.1) is 6.61 Å². The first-order chi connectivity index (χ1) is 10.2. The molecule has 0 aliphatic carbocycles. The molecule has 4 heteroatoms. The van der Waals surface area contributed by atoms with Crippen LogP contribution < -0.4 is 4.74 Å². The molecule has 1 aromatic heterocycles. The van der Waals surface area contributed by atoms with Gasteiger partial charge in [0.1, 0.15) is 0 Å². The molecule has 0 bridgehead atoms. The van der Waals surface area contributed by atoms with E-state index in [0.717, 1.165) is 25.2 Å². The number of nitrogens with zero attached hydrogens (tertiary/aromatic N) is 2. The maximum Gasteiger partial charge on any atom is 0.161 e. The standard InChI is InChI=1S/C17H22N2O2/c1-3-19(12-14-7-9-18-10-8-14)13-15-5-6-16(20)17(11-15)21-4-2/h5-11,20H,3-4,12-13H2,1-2H3. The van der Waals surface area contributed by atoms with Crippen LogP contribution in [-0.4, -0.2) is 28.1 Å². The van der Waals surface area contributed by atoms with Crippen LogP contribution in [-0.2, 0) is 13.1 Å². The second-order valence-electron chi connectivity index (χ2n) is 4.89. The summed E-state index contributed by atoms with van der Waals surface area (Å²) in [5.74, 6) is 0.743. The van der Waals surface area contributed by atoms with Crippen molar-refractivity contribution < 1.29 is 9.84 Å². The van der Waals surface area contributed by atoms with Gasteiger partial charge in [-0.3, -0.25) is 9.88 Å². The van der Waals surface area contributed by atoms with Gasteiger partial charge in [-0.2, -0.15) is 0 Å². The molecule has 0 saturated heterocycles. The van der Waals surface area contributed by atoms with E-state index in [1.807, 2.05) is 43.6 Å². The maximum absolute atomic E-state index is 9.75. The quantitative estimate of drug-likeness (QED) is 0.849. The van der Waals surface area contributed by atoms with E-state index in [4.69, 9.17) is 4.74 Å². The number of pyridine rings is 1. The second-order valence-corrected chi connectivity index (χ2v) is 4.89. The van der Waals surface area contributed by atoms with Crippen molar-refractivity contribution in [3.8, 4) is 11.5 Å². The fourth-order valence-electron chi connectivity index (χ4n) is 2.21. The number of phenolic OH excluding ortho intramolecular Hbond substituents is 1. The molecule has 0 fully saturated rings. The van der Waals surface area contributed by atoms with Gasteiger partial charge in [-0.1, -0.05) is 13.0 Å². The van der Waals surface area contributed by atoms with Crippen LogP contribution in [0, 0.1) is 0 Å². The fraction of sp³-hybridized carbons (Fsp3) is 0.353. The Morgan fingerprint density at radius 1 is 1.05 bits per heavy atom. The predicted molar refractivity (Wildman–Crippen MR) is 83.3 cm³/mol. The van der Waals surface area contributed by atoms with E-state index < -0.39 is 0 Å². The lowest BCUT2D eigenvalue weighted by Crippen LogP contribution is -2.22. The molecule has 0 radical (unpaired) electrons. The third kappa shape index (κ3) is 4.46. The Morgan fingerprint density at radius 3 is 2.43 bits per heavy atom. The van der Waals surface area contributed by atoms with Gasteiger partial charge in [-0.05, 0) is 48.9 Å². The highest BCUT2D eigenvalue weighted by Crippen LogP contribution is 2.27. The topological polar surface area (TPSA) is 45.6 Å². The van der Waals surface area contributed by atoms with Gasteiger partial charge in [0.25, 0.3) is 0 Å². The Kier molecular flexibility index (Phi) is 5.58. The highest BCUT2D eigenvalue weighted by molar-refractivity contribution is 5.41. The van der Waals surface area contributed by atoms with Gasteiger partial charge in [-0.15, -0.1) is 0 Å². The molecule has 1 heterocycles. The average molecular weight is 286 g/mol. The highest BCUT2D eigenvalue weighted by atomic mass is 16.5. The number of aromatic hydroxyl groups is 1. The molecular formula is C17H22N2O2.